The van der Waals surface area contributed by atoms with Gasteiger partial charge in [-0.2, -0.15) is 4.98 Å². The largest absolute Gasteiger partial charge is 0.448 e. The molecule has 0 fully saturated rings. The van der Waals surface area contributed by atoms with Crippen LogP contribution in [-0.4, -0.2) is 23.0 Å². The molecule has 1 aromatic rings. The first-order valence-corrected chi connectivity index (χ1v) is 3.33. The van der Waals surface area contributed by atoms with Crippen LogP contribution < -0.4 is 15.8 Å². The molecule has 0 unspecified atom stereocenters. The van der Waals surface area contributed by atoms with Gasteiger partial charge in [-0.3, -0.25) is 5.73 Å². The zero-order chi connectivity index (χ0) is 8.39. The van der Waals surface area contributed by atoms with Crippen molar-refractivity contribution >= 4 is 17.8 Å². The van der Waals surface area contributed by atoms with E-state index in [-0.39, 0.29) is 12.7 Å². The molecule has 1 aliphatic heterocycles. The minimum absolute atomic E-state index is 0.0552. The average molecular weight is 164 g/mol. The summed E-state index contributed by atoms with van der Waals surface area (Å²) in [6.45, 7) is 0.0552. The van der Waals surface area contributed by atoms with Gasteiger partial charge in [-0.25, -0.2) is 15.3 Å². The van der Waals surface area contributed by atoms with Crippen LogP contribution >= 0.6 is 0 Å². The standard InChI is InChI=1S/C6H6N5O/c7-2-12-6-8-1-4-5(11-6)10-3-9-4/h1,3H,2,7H2. The molecule has 0 aromatic carbocycles. The van der Waals surface area contributed by atoms with E-state index >= 15 is 0 Å². The molecule has 0 saturated carbocycles. The first kappa shape index (κ1) is 6.99. The number of nitrogens with zero attached hydrogens (tertiary/aromatic N) is 4. The fourth-order valence-electron chi connectivity index (χ4n) is 0.827. The molecule has 1 aromatic heterocycles. The average Bonchev–Trinajstić information content (AvgIpc) is 2.51. The summed E-state index contributed by atoms with van der Waals surface area (Å²) in [5.41, 5.74) is 5.79. The summed E-state index contributed by atoms with van der Waals surface area (Å²) in [5, 5.41) is 3.88. The van der Waals surface area contributed by atoms with Crippen LogP contribution in [0, 0.1) is 0 Å². The maximum Gasteiger partial charge on any atom is 0.319 e. The summed E-state index contributed by atoms with van der Waals surface area (Å²) < 4.78 is 4.87. The second-order valence-corrected chi connectivity index (χ2v) is 2.05. The highest BCUT2D eigenvalue weighted by atomic mass is 16.5. The van der Waals surface area contributed by atoms with Gasteiger partial charge in [0.25, 0.3) is 0 Å². The van der Waals surface area contributed by atoms with Gasteiger partial charge in [0, 0.05) is 0 Å². The summed E-state index contributed by atoms with van der Waals surface area (Å²) in [6, 6.07) is 0.227. The summed E-state index contributed by atoms with van der Waals surface area (Å²) in [7, 11) is 0. The second-order valence-electron chi connectivity index (χ2n) is 2.05. The van der Waals surface area contributed by atoms with Crippen molar-refractivity contribution in [2.24, 2.45) is 10.7 Å². The Balaban J connectivity index is 2.29. The summed E-state index contributed by atoms with van der Waals surface area (Å²) >= 11 is 0. The highest BCUT2D eigenvalue weighted by Crippen LogP contribution is 2.25. The van der Waals surface area contributed by atoms with Crippen LogP contribution in [0.15, 0.2) is 11.2 Å². The monoisotopic (exact) mass is 164 g/mol. The molecule has 2 rings (SSSR count). The van der Waals surface area contributed by atoms with E-state index < -0.39 is 0 Å². The molecule has 0 spiro atoms. The number of aliphatic imine (C=N–C) groups is 1. The van der Waals surface area contributed by atoms with Crippen LogP contribution in [0.2, 0.25) is 0 Å². The van der Waals surface area contributed by atoms with Crippen molar-refractivity contribution < 1.29 is 4.74 Å². The van der Waals surface area contributed by atoms with Gasteiger partial charge >= 0.3 is 6.01 Å². The quantitative estimate of drug-likeness (QED) is 0.607. The van der Waals surface area contributed by atoms with Crippen LogP contribution in [0.25, 0.3) is 0 Å². The zero-order valence-corrected chi connectivity index (χ0v) is 6.14. The number of hydrogen-bond donors (Lipinski definition) is 1. The molecule has 2 N–H and O–H groups in total. The third-order valence-corrected chi connectivity index (χ3v) is 1.32. The highest BCUT2D eigenvalue weighted by molar-refractivity contribution is 5.78. The Morgan fingerprint density at radius 3 is 3.25 bits per heavy atom. The van der Waals surface area contributed by atoms with Crippen molar-refractivity contribution in [3.63, 3.8) is 0 Å². The Morgan fingerprint density at radius 2 is 2.42 bits per heavy atom. The molecule has 1 aliphatic rings. The first-order valence-electron chi connectivity index (χ1n) is 3.33. The Bertz CT molecular complexity index is 324. The van der Waals surface area contributed by atoms with Crippen LogP contribution in [0.1, 0.15) is 0 Å². The van der Waals surface area contributed by atoms with Crippen LogP contribution in [0.3, 0.4) is 0 Å². The van der Waals surface area contributed by atoms with Crippen molar-refractivity contribution in [2.45, 2.75) is 0 Å². The topological polar surface area (TPSA) is 87.5 Å². The highest BCUT2D eigenvalue weighted by Gasteiger charge is 2.10. The van der Waals surface area contributed by atoms with E-state index in [1.165, 1.54) is 6.34 Å². The molecule has 0 atom stereocenters. The van der Waals surface area contributed by atoms with E-state index in [1.807, 2.05) is 0 Å². The maximum absolute atomic E-state index is 5.14. The lowest BCUT2D eigenvalue weighted by Crippen LogP contribution is -2.09. The fraction of sp³-hybridized carbons (Fsp3) is 0.167. The van der Waals surface area contributed by atoms with Crippen molar-refractivity contribution in [1.29, 1.82) is 0 Å². The molecular formula is C6H6N5O. The van der Waals surface area contributed by atoms with E-state index in [4.69, 9.17) is 10.5 Å². The Morgan fingerprint density at radius 1 is 1.50 bits per heavy atom. The molecule has 1 radical (unpaired) electrons. The summed E-state index contributed by atoms with van der Waals surface area (Å²) in [6.07, 6.45) is 2.96. The summed E-state index contributed by atoms with van der Waals surface area (Å²) in [4.78, 5) is 11.7. The number of hydrogen-bond acceptors (Lipinski definition) is 5. The van der Waals surface area contributed by atoms with E-state index in [0.29, 0.717) is 11.5 Å². The van der Waals surface area contributed by atoms with Crippen molar-refractivity contribution in [3.8, 4) is 6.01 Å². The summed E-state index contributed by atoms with van der Waals surface area (Å²) in [5.74, 6) is 0.522. The predicted octanol–water partition coefficient (Wildman–Crippen LogP) is -0.319. The van der Waals surface area contributed by atoms with Gasteiger partial charge in [0.1, 0.15) is 18.8 Å². The Kier molecular flexibility index (Phi) is 1.60. The first-order chi connectivity index (χ1) is 5.90. The Labute approximate surface area is 68.5 Å². The number of nitrogens with two attached hydrogens (primary N) is 1. The van der Waals surface area contributed by atoms with Gasteiger partial charge in [0.15, 0.2) is 5.82 Å². The van der Waals surface area contributed by atoms with Crippen LogP contribution in [-0.2, 0) is 0 Å². The van der Waals surface area contributed by atoms with E-state index in [0.717, 1.165) is 0 Å². The van der Waals surface area contributed by atoms with Gasteiger partial charge in [-0.05, 0) is 0 Å². The molecular weight excluding hydrogens is 158 g/mol. The number of ether oxygens (including phenoxy) is 1. The van der Waals surface area contributed by atoms with E-state index in [1.54, 1.807) is 6.20 Å². The van der Waals surface area contributed by atoms with Gasteiger partial charge in [-0.1, -0.05) is 0 Å². The van der Waals surface area contributed by atoms with Crippen molar-refractivity contribution in [1.82, 2.24) is 15.3 Å². The zero-order valence-electron chi connectivity index (χ0n) is 6.14. The lowest BCUT2D eigenvalue weighted by Gasteiger charge is -2.00. The predicted molar refractivity (Wildman–Crippen MR) is 41.7 cm³/mol. The van der Waals surface area contributed by atoms with Crippen molar-refractivity contribution in [2.75, 3.05) is 6.73 Å². The van der Waals surface area contributed by atoms with Gasteiger partial charge < -0.3 is 4.74 Å². The van der Waals surface area contributed by atoms with Crippen LogP contribution in [0.5, 0.6) is 6.01 Å². The second kappa shape index (κ2) is 2.74. The lowest BCUT2D eigenvalue weighted by atomic mass is 10.5. The molecule has 6 nitrogen and oxygen atoms in total. The molecule has 0 amide bonds. The van der Waals surface area contributed by atoms with E-state index in [9.17, 15) is 0 Å². The number of aromatic nitrogens is 2. The van der Waals surface area contributed by atoms with Gasteiger partial charge in [0.2, 0.25) is 0 Å². The SMILES string of the molecule is NCOc1ncc2c(n1)[N]C=N2. The molecule has 0 bridgehead atoms. The molecule has 12 heavy (non-hydrogen) atoms. The molecule has 0 aliphatic carbocycles. The lowest BCUT2D eigenvalue weighted by molar-refractivity contribution is 0.303. The van der Waals surface area contributed by atoms with Gasteiger partial charge in [0.05, 0.1) is 6.20 Å². The molecule has 0 saturated heterocycles. The molecule has 2 heterocycles. The maximum atomic E-state index is 5.14. The number of rotatable bonds is 2. The number of fused-ring (bicyclic) bond motifs is 1. The third kappa shape index (κ3) is 1.08. The normalized spacial score (nSPS) is 12.4. The fourth-order valence-corrected chi connectivity index (χ4v) is 0.827. The Hall–Kier alpha value is -1.69. The molecule has 61 valence electrons. The third-order valence-electron chi connectivity index (χ3n) is 1.32. The van der Waals surface area contributed by atoms with Crippen molar-refractivity contribution in [3.05, 3.63) is 6.20 Å². The van der Waals surface area contributed by atoms with Gasteiger partial charge in [-0.15, -0.1) is 0 Å². The smallest absolute Gasteiger partial charge is 0.319 e. The minimum Gasteiger partial charge on any atom is -0.448 e. The molecule has 6 heteroatoms. The van der Waals surface area contributed by atoms with E-state index in [2.05, 4.69) is 20.3 Å². The minimum atomic E-state index is 0.0552. The van der Waals surface area contributed by atoms with Crippen LogP contribution in [0.4, 0.5) is 11.5 Å².